The number of benzene rings is 1. The average Bonchev–Trinajstić information content (AvgIpc) is 2.37. The summed E-state index contributed by atoms with van der Waals surface area (Å²) in [6, 6.07) is 6.59. The number of halogens is 2. The summed E-state index contributed by atoms with van der Waals surface area (Å²) in [6.45, 7) is 1.92. The molecule has 0 saturated carbocycles. The van der Waals surface area contributed by atoms with Crippen molar-refractivity contribution in [2.75, 3.05) is 0 Å². The Bertz CT molecular complexity index is 560. The van der Waals surface area contributed by atoms with Gasteiger partial charge in [-0.1, -0.05) is 12.1 Å². The molecule has 0 radical (unpaired) electrons. The van der Waals surface area contributed by atoms with Crippen molar-refractivity contribution in [3.05, 3.63) is 63.6 Å². The number of nitrogens with two attached hydrogens (primary N) is 1. The van der Waals surface area contributed by atoms with Crippen LogP contribution in [-0.4, -0.2) is 4.98 Å². The SMILES string of the molecule is Cc1cnccc1C(NN)c1cccc(Br)c1F. The smallest absolute Gasteiger partial charge is 0.142 e. The number of nitrogens with one attached hydrogen (secondary N) is 1. The van der Waals surface area contributed by atoms with Crippen LogP contribution in [0.3, 0.4) is 0 Å². The summed E-state index contributed by atoms with van der Waals surface area (Å²) < 4.78 is 14.5. The Morgan fingerprint density at radius 2 is 2.11 bits per heavy atom. The van der Waals surface area contributed by atoms with E-state index in [0.29, 0.717) is 10.0 Å². The number of pyridine rings is 1. The van der Waals surface area contributed by atoms with Crippen LogP contribution < -0.4 is 11.3 Å². The van der Waals surface area contributed by atoms with E-state index in [9.17, 15) is 4.39 Å². The minimum absolute atomic E-state index is 0.309. The van der Waals surface area contributed by atoms with Crippen molar-refractivity contribution in [3.8, 4) is 0 Å². The minimum atomic E-state index is -0.398. The first-order valence-corrected chi connectivity index (χ1v) is 6.25. The van der Waals surface area contributed by atoms with E-state index in [-0.39, 0.29) is 5.82 Å². The van der Waals surface area contributed by atoms with Crippen molar-refractivity contribution in [3.63, 3.8) is 0 Å². The quantitative estimate of drug-likeness (QED) is 0.677. The fourth-order valence-electron chi connectivity index (χ4n) is 1.90. The molecule has 2 rings (SSSR count). The lowest BCUT2D eigenvalue weighted by molar-refractivity contribution is 0.554. The molecule has 1 heterocycles. The number of aryl methyl sites for hydroxylation is 1. The maximum Gasteiger partial charge on any atom is 0.142 e. The second-order valence-electron chi connectivity index (χ2n) is 3.97. The first kappa shape index (κ1) is 13.1. The topological polar surface area (TPSA) is 50.9 Å². The highest BCUT2D eigenvalue weighted by atomic mass is 79.9. The van der Waals surface area contributed by atoms with E-state index in [1.165, 1.54) is 0 Å². The average molecular weight is 310 g/mol. The second kappa shape index (κ2) is 5.56. The number of hydrogen-bond donors (Lipinski definition) is 2. The van der Waals surface area contributed by atoms with Gasteiger partial charge in [0.15, 0.2) is 0 Å². The van der Waals surface area contributed by atoms with Gasteiger partial charge in [0.05, 0.1) is 10.5 Å². The lowest BCUT2D eigenvalue weighted by Gasteiger charge is -2.19. The van der Waals surface area contributed by atoms with Crippen LogP contribution >= 0.6 is 15.9 Å². The Kier molecular flexibility index (Phi) is 4.06. The van der Waals surface area contributed by atoms with E-state index in [1.807, 2.05) is 13.0 Å². The standard InChI is InChI=1S/C13H13BrFN3/c1-8-7-17-6-5-9(8)13(18-16)10-3-2-4-11(14)12(10)15/h2-7,13,18H,16H2,1H3. The highest BCUT2D eigenvalue weighted by Gasteiger charge is 2.19. The van der Waals surface area contributed by atoms with Crippen molar-refractivity contribution in [2.24, 2.45) is 5.84 Å². The van der Waals surface area contributed by atoms with Gasteiger partial charge in [-0.3, -0.25) is 10.8 Å². The van der Waals surface area contributed by atoms with Gasteiger partial charge in [-0.15, -0.1) is 0 Å². The number of hydrazine groups is 1. The molecule has 5 heteroatoms. The summed E-state index contributed by atoms with van der Waals surface area (Å²) in [7, 11) is 0. The van der Waals surface area contributed by atoms with Gasteiger partial charge >= 0.3 is 0 Å². The van der Waals surface area contributed by atoms with Crippen LogP contribution in [-0.2, 0) is 0 Å². The predicted octanol–water partition coefficient (Wildman–Crippen LogP) is 2.84. The van der Waals surface area contributed by atoms with Crippen LogP contribution in [0, 0.1) is 12.7 Å². The van der Waals surface area contributed by atoms with E-state index in [2.05, 4.69) is 26.3 Å². The number of hydrogen-bond acceptors (Lipinski definition) is 3. The van der Waals surface area contributed by atoms with Crippen LogP contribution in [0.5, 0.6) is 0 Å². The Morgan fingerprint density at radius 3 is 2.78 bits per heavy atom. The van der Waals surface area contributed by atoms with Crippen molar-refractivity contribution in [2.45, 2.75) is 13.0 Å². The molecule has 0 aliphatic carbocycles. The zero-order chi connectivity index (χ0) is 13.1. The van der Waals surface area contributed by atoms with Crippen molar-refractivity contribution in [1.29, 1.82) is 0 Å². The second-order valence-corrected chi connectivity index (χ2v) is 4.83. The fraction of sp³-hybridized carbons (Fsp3) is 0.154. The van der Waals surface area contributed by atoms with Crippen LogP contribution in [0.15, 0.2) is 41.1 Å². The first-order chi connectivity index (χ1) is 8.65. The third-order valence-corrected chi connectivity index (χ3v) is 3.45. The molecule has 0 amide bonds. The Hall–Kier alpha value is -1.30. The Morgan fingerprint density at radius 1 is 1.33 bits per heavy atom. The van der Waals surface area contributed by atoms with E-state index in [4.69, 9.17) is 5.84 Å². The van der Waals surface area contributed by atoms with Gasteiger partial charge in [0, 0.05) is 18.0 Å². The third kappa shape index (κ3) is 2.43. The molecule has 1 aromatic carbocycles. The molecule has 2 aromatic rings. The molecular weight excluding hydrogens is 297 g/mol. The van der Waals surface area contributed by atoms with E-state index >= 15 is 0 Å². The molecule has 0 bridgehead atoms. The fourth-order valence-corrected chi connectivity index (χ4v) is 2.28. The molecule has 94 valence electrons. The molecule has 3 nitrogen and oxygen atoms in total. The summed E-state index contributed by atoms with van der Waals surface area (Å²) in [5.74, 6) is 5.26. The van der Waals surface area contributed by atoms with Gasteiger partial charge in [-0.25, -0.2) is 9.82 Å². The van der Waals surface area contributed by atoms with Gasteiger partial charge in [-0.2, -0.15) is 0 Å². The van der Waals surface area contributed by atoms with E-state index in [0.717, 1.165) is 11.1 Å². The maximum absolute atomic E-state index is 14.1. The molecule has 1 unspecified atom stereocenters. The van der Waals surface area contributed by atoms with Crippen molar-refractivity contribution in [1.82, 2.24) is 10.4 Å². The highest BCUT2D eigenvalue weighted by Crippen LogP contribution is 2.28. The summed E-state index contributed by atoms with van der Waals surface area (Å²) in [5, 5.41) is 0. The normalized spacial score (nSPS) is 12.4. The minimum Gasteiger partial charge on any atom is -0.271 e. The molecule has 0 spiro atoms. The highest BCUT2D eigenvalue weighted by molar-refractivity contribution is 9.10. The molecule has 0 fully saturated rings. The monoisotopic (exact) mass is 309 g/mol. The first-order valence-electron chi connectivity index (χ1n) is 5.45. The number of rotatable bonds is 3. The molecule has 0 aliphatic rings. The summed E-state index contributed by atoms with van der Waals surface area (Å²) >= 11 is 3.18. The molecular formula is C13H13BrFN3. The van der Waals surface area contributed by atoms with Crippen LogP contribution in [0.4, 0.5) is 4.39 Å². The molecule has 1 aromatic heterocycles. The lowest BCUT2D eigenvalue weighted by Crippen LogP contribution is -2.30. The summed E-state index contributed by atoms with van der Waals surface area (Å²) in [4.78, 5) is 4.02. The molecule has 0 aliphatic heterocycles. The van der Waals surface area contributed by atoms with Gasteiger partial charge in [0.1, 0.15) is 5.82 Å². The molecule has 0 saturated heterocycles. The Balaban J connectivity index is 2.53. The van der Waals surface area contributed by atoms with Crippen molar-refractivity contribution < 1.29 is 4.39 Å². The zero-order valence-electron chi connectivity index (χ0n) is 9.82. The summed E-state index contributed by atoms with van der Waals surface area (Å²) in [5.41, 5.74) is 5.02. The zero-order valence-corrected chi connectivity index (χ0v) is 11.4. The van der Waals surface area contributed by atoms with Crippen LogP contribution in [0.25, 0.3) is 0 Å². The molecule has 18 heavy (non-hydrogen) atoms. The van der Waals surface area contributed by atoms with Gasteiger partial charge in [-0.05, 0) is 46.1 Å². The predicted molar refractivity (Wildman–Crippen MR) is 72.2 cm³/mol. The van der Waals surface area contributed by atoms with E-state index < -0.39 is 6.04 Å². The largest absolute Gasteiger partial charge is 0.271 e. The summed E-state index contributed by atoms with van der Waals surface area (Å²) in [6.07, 6.45) is 3.40. The van der Waals surface area contributed by atoms with E-state index in [1.54, 1.807) is 30.6 Å². The number of nitrogens with zero attached hydrogens (tertiary/aromatic N) is 1. The number of aromatic nitrogens is 1. The molecule has 1 atom stereocenters. The molecule has 3 N–H and O–H groups in total. The maximum atomic E-state index is 14.1. The van der Waals surface area contributed by atoms with Gasteiger partial charge in [0.25, 0.3) is 0 Å². The lowest BCUT2D eigenvalue weighted by atomic mass is 9.96. The van der Waals surface area contributed by atoms with Gasteiger partial charge in [0.2, 0.25) is 0 Å². The Labute approximate surface area is 113 Å². The van der Waals surface area contributed by atoms with Crippen molar-refractivity contribution >= 4 is 15.9 Å². The van der Waals surface area contributed by atoms with Crippen LogP contribution in [0.2, 0.25) is 0 Å². The van der Waals surface area contributed by atoms with Crippen LogP contribution in [0.1, 0.15) is 22.7 Å². The third-order valence-electron chi connectivity index (χ3n) is 2.83. The van der Waals surface area contributed by atoms with Gasteiger partial charge < -0.3 is 0 Å².